The highest BCUT2D eigenvalue weighted by Gasteiger charge is 2.26. The first-order valence-corrected chi connectivity index (χ1v) is 11.4. The summed E-state index contributed by atoms with van der Waals surface area (Å²) in [4.78, 5) is 4.58. The van der Waals surface area contributed by atoms with Crippen molar-refractivity contribution in [2.24, 2.45) is 7.05 Å². The van der Waals surface area contributed by atoms with Gasteiger partial charge in [-0.15, -0.1) is 10.2 Å². The van der Waals surface area contributed by atoms with Gasteiger partial charge in [-0.05, 0) is 36.6 Å². The molecule has 0 saturated carbocycles. The Morgan fingerprint density at radius 1 is 1.09 bits per heavy atom. The fraction of sp³-hybridized carbons (Fsp3) is 0.308. The van der Waals surface area contributed by atoms with Gasteiger partial charge >= 0.3 is 0 Å². The van der Waals surface area contributed by atoms with Crippen LogP contribution in [-0.4, -0.2) is 51.1 Å². The minimum absolute atomic E-state index is 0.333. The number of nitriles is 1. The van der Waals surface area contributed by atoms with Crippen molar-refractivity contribution < 1.29 is 4.39 Å². The van der Waals surface area contributed by atoms with E-state index in [4.69, 9.17) is 0 Å². The van der Waals surface area contributed by atoms with Gasteiger partial charge in [0.25, 0.3) is 0 Å². The molecule has 0 aliphatic carbocycles. The maximum Gasteiger partial charge on any atom is 0.159 e. The van der Waals surface area contributed by atoms with E-state index >= 15 is 0 Å². The summed E-state index contributed by atoms with van der Waals surface area (Å²) in [5.74, 6) is 0.508. The second-order valence-electron chi connectivity index (χ2n) is 8.79. The number of anilines is 1. The van der Waals surface area contributed by atoms with E-state index < -0.39 is 0 Å². The quantitative estimate of drug-likeness (QED) is 0.450. The lowest BCUT2D eigenvalue weighted by Crippen LogP contribution is -2.43. The number of piperidine rings is 1. The zero-order valence-corrected chi connectivity index (χ0v) is 19.3. The molecule has 1 fully saturated rings. The van der Waals surface area contributed by atoms with E-state index in [-0.39, 0.29) is 5.82 Å². The molecule has 0 spiro atoms. The lowest BCUT2D eigenvalue weighted by molar-refractivity contribution is 0.203. The van der Waals surface area contributed by atoms with Crippen molar-refractivity contribution in [2.45, 2.75) is 25.4 Å². The number of halogens is 1. The van der Waals surface area contributed by atoms with Crippen molar-refractivity contribution in [3.05, 3.63) is 71.7 Å². The molecule has 2 aromatic heterocycles. The first-order valence-electron chi connectivity index (χ1n) is 11.4. The van der Waals surface area contributed by atoms with Gasteiger partial charge in [-0.2, -0.15) is 10.4 Å². The van der Waals surface area contributed by atoms with Crippen LogP contribution >= 0.6 is 0 Å². The van der Waals surface area contributed by atoms with E-state index in [9.17, 15) is 9.65 Å². The van der Waals surface area contributed by atoms with Crippen LogP contribution in [-0.2, 0) is 13.6 Å². The molecular formula is C26H26FN7. The standard InChI is InChI=1S/C26H26FN7/c1-32(21-10-13-34(14-11-21)17-18-7-8-20(27)15-19(18)16-28)26-23-6-4-3-5-22(23)25(30-31-26)24-9-12-29-33(24)2/h3-9,12,15,21H,10-11,13-14,17H2,1-2H3. The van der Waals surface area contributed by atoms with Gasteiger partial charge in [0.05, 0.1) is 17.3 Å². The predicted molar refractivity (Wildman–Crippen MR) is 130 cm³/mol. The van der Waals surface area contributed by atoms with Gasteiger partial charge in [-0.3, -0.25) is 9.58 Å². The molecule has 0 unspecified atom stereocenters. The molecule has 0 bridgehead atoms. The first-order chi connectivity index (χ1) is 16.5. The monoisotopic (exact) mass is 455 g/mol. The molecule has 0 radical (unpaired) electrons. The number of rotatable bonds is 5. The molecule has 1 saturated heterocycles. The van der Waals surface area contributed by atoms with Gasteiger partial charge in [-0.25, -0.2) is 4.39 Å². The van der Waals surface area contributed by atoms with Crippen LogP contribution in [0.3, 0.4) is 0 Å². The van der Waals surface area contributed by atoms with Crippen LogP contribution in [0.5, 0.6) is 0 Å². The largest absolute Gasteiger partial charge is 0.355 e. The number of aromatic nitrogens is 4. The predicted octanol–water partition coefficient (Wildman–Crippen LogP) is 4.14. The van der Waals surface area contributed by atoms with E-state index in [1.807, 2.05) is 29.9 Å². The molecule has 0 atom stereocenters. The fourth-order valence-electron chi connectivity index (χ4n) is 4.81. The summed E-state index contributed by atoms with van der Waals surface area (Å²) in [5, 5.41) is 25.0. The Morgan fingerprint density at radius 3 is 2.56 bits per heavy atom. The summed E-state index contributed by atoms with van der Waals surface area (Å²) >= 11 is 0. The van der Waals surface area contributed by atoms with E-state index in [0.29, 0.717) is 18.2 Å². The van der Waals surface area contributed by atoms with Gasteiger partial charge in [0.1, 0.15) is 11.5 Å². The second kappa shape index (κ2) is 9.20. The van der Waals surface area contributed by atoms with E-state index in [1.165, 1.54) is 12.1 Å². The van der Waals surface area contributed by atoms with Crippen molar-refractivity contribution in [3.63, 3.8) is 0 Å². The third kappa shape index (κ3) is 4.11. The third-order valence-electron chi connectivity index (χ3n) is 6.76. The van der Waals surface area contributed by atoms with Crippen molar-refractivity contribution in [2.75, 3.05) is 25.0 Å². The van der Waals surface area contributed by atoms with Gasteiger partial charge in [0, 0.05) is 56.7 Å². The van der Waals surface area contributed by atoms with Crippen LogP contribution in [0.25, 0.3) is 22.2 Å². The van der Waals surface area contributed by atoms with Crippen LogP contribution in [0.2, 0.25) is 0 Å². The highest BCUT2D eigenvalue weighted by molar-refractivity contribution is 5.99. The molecule has 172 valence electrons. The summed E-state index contributed by atoms with van der Waals surface area (Å²) in [6.45, 7) is 2.45. The van der Waals surface area contributed by atoms with Gasteiger partial charge in [0.15, 0.2) is 5.82 Å². The molecule has 1 aliphatic rings. The van der Waals surface area contributed by atoms with E-state index in [1.54, 1.807) is 12.3 Å². The summed E-state index contributed by atoms with van der Waals surface area (Å²) in [5.41, 5.74) is 3.05. The van der Waals surface area contributed by atoms with Crippen LogP contribution in [0.15, 0.2) is 54.7 Å². The molecule has 1 aliphatic heterocycles. The Morgan fingerprint density at radius 2 is 1.85 bits per heavy atom. The number of hydrogen-bond acceptors (Lipinski definition) is 6. The summed E-state index contributed by atoms with van der Waals surface area (Å²) in [7, 11) is 4.00. The maximum atomic E-state index is 13.5. The molecule has 0 amide bonds. The van der Waals surface area contributed by atoms with E-state index in [0.717, 1.165) is 59.5 Å². The number of aryl methyl sites for hydroxylation is 1. The van der Waals surface area contributed by atoms with Gasteiger partial charge < -0.3 is 4.90 Å². The summed E-state index contributed by atoms with van der Waals surface area (Å²) < 4.78 is 15.3. The lowest BCUT2D eigenvalue weighted by atomic mass is 10.0. The Balaban J connectivity index is 1.34. The van der Waals surface area contributed by atoms with Gasteiger partial charge in [-0.1, -0.05) is 30.3 Å². The Bertz CT molecular complexity index is 1370. The number of likely N-dealkylation sites (tertiary alicyclic amines) is 1. The number of hydrogen-bond donors (Lipinski definition) is 0. The molecule has 0 N–H and O–H groups in total. The highest BCUT2D eigenvalue weighted by atomic mass is 19.1. The smallest absolute Gasteiger partial charge is 0.159 e. The third-order valence-corrected chi connectivity index (χ3v) is 6.76. The molecule has 4 aromatic rings. The average Bonchev–Trinajstić information content (AvgIpc) is 3.30. The van der Waals surface area contributed by atoms with Crippen molar-refractivity contribution in [1.82, 2.24) is 24.9 Å². The topological polar surface area (TPSA) is 73.9 Å². The Hall–Kier alpha value is -3.83. The maximum absolute atomic E-state index is 13.5. The lowest BCUT2D eigenvalue weighted by Gasteiger charge is -2.37. The zero-order valence-electron chi connectivity index (χ0n) is 19.3. The number of nitrogens with zero attached hydrogens (tertiary/aromatic N) is 7. The number of benzene rings is 2. The molecular weight excluding hydrogens is 429 g/mol. The van der Waals surface area contributed by atoms with Gasteiger partial charge in [0.2, 0.25) is 0 Å². The Labute approximate surface area is 198 Å². The highest BCUT2D eigenvalue weighted by Crippen LogP contribution is 2.32. The summed E-state index contributed by atoms with van der Waals surface area (Å²) in [6.07, 6.45) is 3.71. The SMILES string of the molecule is CN(c1nnc(-c2ccnn2C)c2ccccc12)C1CCN(Cc2ccc(F)cc2C#N)CC1. The molecule has 8 heteroatoms. The Kier molecular flexibility index (Phi) is 5.95. The van der Waals surface area contributed by atoms with Crippen LogP contribution in [0.1, 0.15) is 24.0 Å². The molecule has 2 aromatic carbocycles. The van der Waals surface area contributed by atoms with E-state index in [2.05, 4.69) is 50.3 Å². The van der Waals surface area contributed by atoms with Crippen molar-refractivity contribution >= 4 is 16.6 Å². The van der Waals surface area contributed by atoms with Crippen LogP contribution in [0, 0.1) is 17.1 Å². The minimum Gasteiger partial charge on any atom is -0.355 e. The second-order valence-corrected chi connectivity index (χ2v) is 8.79. The molecule has 3 heterocycles. The fourth-order valence-corrected chi connectivity index (χ4v) is 4.81. The van der Waals surface area contributed by atoms with Crippen LogP contribution < -0.4 is 4.90 Å². The molecule has 5 rings (SSSR count). The normalized spacial score (nSPS) is 14.9. The minimum atomic E-state index is -0.372. The zero-order chi connectivity index (χ0) is 23.7. The average molecular weight is 456 g/mol. The van der Waals surface area contributed by atoms with Crippen molar-refractivity contribution in [1.29, 1.82) is 5.26 Å². The van der Waals surface area contributed by atoms with Crippen molar-refractivity contribution in [3.8, 4) is 17.5 Å². The molecule has 7 nitrogen and oxygen atoms in total. The first kappa shape index (κ1) is 22.0. The van der Waals surface area contributed by atoms with Crippen LogP contribution in [0.4, 0.5) is 10.2 Å². The summed E-state index contributed by atoms with van der Waals surface area (Å²) in [6, 6.07) is 17.1. The number of fused-ring (bicyclic) bond motifs is 1. The molecule has 34 heavy (non-hydrogen) atoms.